The lowest BCUT2D eigenvalue weighted by atomic mass is 9.98. The molecule has 1 unspecified atom stereocenters. The van der Waals surface area contributed by atoms with Crippen LogP contribution in [-0.4, -0.2) is 29.9 Å². The molecule has 7 heteroatoms. The molecule has 4 nitrogen and oxygen atoms in total. The third-order valence-corrected chi connectivity index (χ3v) is 11.3. The van der Waals surface area contributed by atoms with Crippen molar-refractivity contribution in [2.75, 3.05) is 13.2 Å². The Morgan fingerprint density at radius 2 is 1.48 bits per heavy atom. The van der Waals surface area contributed by atoms with Crippen LogP contribution in [0.3, 0.4) is 0 Å². The van der Waals surface area contributed by atoms with Crippen LogP contribution >= 0.6 is 0 Å². The van der Waals surface area contributed by atoms with Gasteiger partial charge in [-0.25, -0.2) is 4.39 Å². The van der Waals surface area contributed by atoms with Gasteiger partial charge in [0.15, 0.2) is 14.0 Å². The monoisotopic (exact) mass is 438 g/mol. The van der Waals surface area contributed by atoms with Crippen molar-refractivity contribution in [3.8, 4) is 0 Å². The minimum absolute atomic E-state index is 0.00354. The highest BCUT2D eigenvalue weighted by Crippen LogP contribution is 2.39. The Balaban J connectivity index is 2.26. The maximum absolute atomic E-state index is 16.1. The van der Waals surface area contributed by atoms with Crippen LogP contribution in [0.2, 0.25) is 18.1 Å². The van der Waals surface area contributed by atoms with Crippen molar-refractivity contribution in [3.63, 3.8) is 0 Å². The second-order valence-electron chi connectivity index (χ2n) is 8.91. The molecular formula is C22H31FO4SSi. The molecule has 0 radical (unpaired) electrons. The minimum Gasteiger partial charge on any atom is -0.413 e. The largest absolute Gasteiger partial charge is 0.413 e. The van der Waals surface area contributed by atoms with Crippen LogP contribution in [0.1, 0.15) is 31.9 Å². The summed E-state index contributed by atoms with van der Waals surface area (Å²) in [6.07, 6.45) is 0. The van der Waals surface area contributed by atoms with Gasteiger partial charge >= 0.3 is 0 Å². The second-order valence-corrected chi connectivity index (χ2v) is 15.3. The number of aryl methyl sites for hydroxylation is 1. The molecule has 0 aliphatic carbocycles. The van der Waals surface area contributed by atoms with Crippen molar-refractivity contribution in [1.82, 2.24) is 0 Å². The lowest BCUT2D eigenvalue weighted by Gasteiger charge is -2.38. The number of hydrogen-bond donors (Lipinski definition) is 0. The first-order valence-corrected chi connectivity index (χ1v) is 13.9. The van der Waals surface area contributed by atoms with Gasteiger partial charge in [0, 0.05) is 0 Å². The van der Waals surface area contributed by atoms with Gasteiger partial charge in [-0.2, -0.15) is 8.42 Å². The van der Waals surface area contributed by atoms with Gasteiger partial charge in [-0.05, 0) is 42.8 Å². The number of benzene rings is 2. The van der Waals surface area contributed by atoms with Crippen LogP contribution in [0.25, 0.3) is 0 Å². The third-order valence-electron chi connectivity index (χ3n) is 5.51. The van der Waals surface area contributed by atoms with Gasteiger partial charge in [0.2, 0.25) is 0 Å². The van der Waals surface area contributed by atoms with Gasteiger partial charge in [-0.15, -0.1) is 0 Å². The number of alkyl halides is 1. The Morgan fingerprint density at radius 1 is 0.931 bits per heavy atom. The summed E-state index contributed by atoms with van der Waals surface area (Å²) in [4.78, 5) is 0.00354. The van der Waals surface area contributed by atoms with E-state index in [1.54, 1.807) is 42.5 Å². The zero-order valence-electron chi connectivity index (χ0n) is 18.0. The summed E-state index contributed by atoms with van der Waals surface area (Å²) in [6.45, 7) is 11.2. The minimum atomic E-state index is -4.08. The molecule has 0 spiro atoms. The van der Waals surface area contributed by atoms with E-state index in [9.17, 15) is 8.42 Å². The topological polar surface area (TPSA) is 52.6 Å². The number of halogens is 1. The number of hydrogen-bond acceptors (Lipinski definition) is 4. The van der Waals surface area contributed by atoms with E-state index < -0.39 is 30.7 Å². The van der Waals surface area contributed by atoms with Gasteiger partial charge in [-0.1, -0.05) is 68.8 Å². The van der Waals surface area contributed by atoms with E-state index in [1.165, 1.54) is 12.1 Å². The zero-order valence-corrected chi connectivity index (χ0v) is 19.8. The summed E-state index contributed by atoms with van der Waals surface area (Å²) in [5, 5.41) is -0.0978. The van der Waals surface area contributed by atoms with Crippen LogP contribution in [0.5, 0.6) is 0 Å². The molecule has 2 aromatic rings. The van der Waals surface area contributed by atoms with Crippen LogP contribution in [0, 0.1) is 6.92 Å². The van der Waals surface area contributed by atoms with Gasteiger partial charge in [0.25, 0.3) is 10.1 Å². The van der Waals surface area contributed by atoms with Crippen LogP contribution in [-0.2, 0) is 24.4 Å². The van der Waals surface area contributed by atoms with E-state index in [0.717, 1.165) is 5.56 Å². The van der Waals surface area contributed by atoms with Gasteiger partial charge in [0.1, 0.15) is 6.61 Å². The summed E-state index contributed by atoms with van der Waals surface area (Å²) >= 11 is 0. The Bertz CT molecular complexity index is 906. The molecular weight excluding hydrogens is 407 g/mol. The molecule has 0 saturated heterocycles. The molecule has 0 aliphatic rings. The van der Waals surface area contributed by atoms with E-state index in [2.05, 4.69) is 20.8 Å². The summed E-state index contributed by atoms with van der Waals surface area (Å²) in [6, 6.07) is 14.7. The smallest absolute Gasteiger partial charge is 0.297 e. The Kier molecular flexibility index (Phi) is 7.10. The predicted octanol–water partition coefficient (Wildman–Crippen LogP) is 5.59. The molecule has 1 atom stereocenters. The van der Waals surface area contributed by atoms with E-state index >= 15 is 4.39 Å². The fraction of sp³-hybridized carbons (Fsp3) is 0.455. The lowest BCUT2D eigenvalue weighted by molar-refractivity contribution is 0.0293. The van der Waals surface area contributed by atoms with Crippen LogP contribution in [0.15, 0.2) is 59.5 Å². The standard InChI is InChI=1S/C22H31FO4SSi/c1-18-12-14-20(15-13-18)28(24,25)26-16-22(23,19-10-8-7-9-11-19)17-27-29(5,6)21(2,3)4/h7-15H,16-17H2,1-6H3. The van der Waals surface area contributed by atoms with E-state index in [1.807, 2.05) is 20.0 Å². The van der Waals surface area contributed by atoms with E-state index in [4.69, 9.17) is 8.61 Å². The molecule has 0 N–H and O–H groups in total. The quantitative estimate of drug-likeness (QED) is 0.398. The summed E-state index contributed by atoms with van der Waals surface area (Å²) in [5.74, 6) is 0. The first-order valence-electron chi connectivity index (χ1n) is 9.61. The lowest BCUT2D eigenvalue weighted by Crippen LogP contribution is -2.45. The van der Waals surface area contributed by atoms with Crippen LogP contribution in [0.4, 0.5) is 4.39 Å². The molecule has 0 amide bonds. The van der Waals surface area contributed by atoms with Crippen molar-refractivity contribution in [2.24, 2.45) is 0 Å². The molecule has 160 valence electrons. The van der Waals surface area contributed by atoms with Crippen molar-refractivity contribution in [1.29, 1.82) is 0 Å². The highest BCUT2D eigenvalue weighted by atomic mass is 32.2. The van der Waals surface area contributed by atoms with E-state index in [-0.39, 0.29) is 16.5 Å². The number of rotatable bonds is 8. The van der Waals surface area contributed by atoms with Crippen molar-refractivity contribution >= 4 is 18.4 Å². The molecule has 0 heterocycles. The molecule has 2 rings (SSSR count). The highest BCUT2D eigenvalue weighted by Gasteiger charge is 2.42. The third kappa shape index (κ3) is 5.98. The maximum Gasteiger partial charge on any atom is 0.297 e. The summed E-state index contributed by atoms with van der Waals surface area (Å²) < 4.78 is 52.4. The molecule has 0 saturated carbocycles. The summed E-state index contributed by atoms with van der Waals surface area (Å²) in [5.41, 5.74) is -0.831. The fourth-order valence-corrected chi connectivity index (χ4v) is 4.37. The van der Waals surface area contributed by atoms with Gasteiger partial charge in [-0.3, -0.25) is 4.18 Å². The van der Waals surface area contributed by atoms with Crippen molar-refractivity contribution in [2.45, 2.75) is 56.4 Å². The fourth-order valence-electron chi connectivity index (χ4n) is 2.40. The SMILES string of the molecule is Cc1ccc(S(=O)(=O)OCC(F)(CO[Si](C)(C)C(C)(C)C)c2ccccc2)cc1. The first-order chi connectivity index (χ1) is 13.3. The molecule has 0 aromatic heterocycles. The summed E-state index contributed by atoms with van der Waals surface area (Å²) in [7, 11) is -6.32. The Labute approximate surface area is 175 Å². The Morgan fingerprint density at radius 3 is 2.00 bits per heavy atom. The van der Waals surface area contributed by atoms with Crippen molar-refractivity contribution in [3.05, 3.63) is 65.7 Å². The van der Waals surface area contributed by atoms with Crippen molar-refractivity contribution < 1.29 is 21.4 Å². The van der Waals surface area contributed by atoms with Crippen LogP contribution < -0.4 is 0 Å². The predicted molar refractivity (Wildman–Crippen MR) is 117 cm³/mol. The van der Waals surface area contributed by atoms with Gasteiger partial charge in [0.05, 0.1) is 11.5 Å². The molecule has 2 aromatic carbocycles. The van der Waals surface area contributed by atoms with E-state index in [0.29, 0.717) is 5.56 Å². The molecule has 0 aliphatic heterocycles. The first kappa shape index (κ1) is 23.7. The normalized spacial score (nSPS) is 15.1. The average Bonchev–Trinajstić information content (AvgIpc) is 2.65. The van der Waals surface area contributed by atoms with Gasteiger partial charge < -0.3 is 4.43 Å². The highest BCUT2D eigenvalue weighted by molar-refractivity contribution is 7.86. The second kappa shape index (κ2) is 8.68. The average molecular weight is 439 g/mol. The molecule has 0 fully saturated rings. The molecule has 29 heavy (non-hydrogen) atoms. The zero-order chi connectivity index (χ0) is 21.9. The molecule has 0 bridgehead atoms. The maximum atomic E-state index is 16.1. The Hall–Kier alpha value is -1.54.